The van der Waals surface area contributed by atoms with E-state index in [2.05, 4.69) is 46.9 Å². The minimum atomic E-state index is 0.650. The van der Waals surface area contributed by atoms with Gasteiger partial charge in [-0.3, -0.25) is 0 Å². The Bertz CT molecular complexity index is 404. The second kappa shape index (κ2) is 4.18. The average molecular weight is 240 g/mol. The fraction of sp³-hybridized carbons (Fsp3) is 0.625. The first-order chi connectivity index (χ1) is 8.88. The van der Waals surface area contributed by atoms with Crippen LogP contribution < -0.4 is 0 Å². The Labute approximate surface area is 109 Å². The van der Waals surface area contributed by atoms with Crippen molar-refractivity contribution < 1.29 is 0 Å². The number of hydrogen-bond acceptors (Lipinski definition) is 2. The highest BCUT2D eigenvalue weighted by Gasteiger charge is 2.35. The molecule has 4 bridgehead atoms. The quantitative estimate of drug-likeness (QED) is 0.410. The lowest BCUT2D eigenvalue weighted by molar-refractivity contribution is 0.589. The van der Waals surface area contributed by atoms with Gasteiger partial charge in [0, 0.05) is 24.3 Å². The van der Waals surface area contributed by atoms with E-state index < -0.39 is 0 Å². The summed E-state index contributed by atoms with van der Waals surface area (Å²) in [5, 5.41) is 8.61. The van der Waals surface area contributed by atoms with Crippen LogP contribution in [0.25, 0.3) is 0 Å². The molecule has 2 saturated carbocycles. The molecule has 4 aliphatic carbocycles. The van der Waals surface area contributed by atoms with Crippen molar-refractivity contribution in [1.29, 1.82) is 0 Å². The molecule has 0 aromatic carbocycles. The number of nitrogens with zero attached hydrogens (tertiary/aromatic N) is 2. The van der Waals surface area contributed by atoms with Crippen molar-refractivity contribution in [2.75, 3.05) is 0 Å². The van der Waals surface area contributed by atoms with Crippen LogP contribution in [0.15, 0.2) is 34.5 Å². The summed E-state index contributed by atoms with van der Waals surface area (Å²) in [6.07, 6.45) is 18.9. The second-order valence-electron chi connectivity index (χ2n) is 6.42. The van der Waals surface area contributed by atoms with Gasteiger partial charge < -0.3 is 0 Å². The predicted molar refractivity (Wildman–Crippen MR) is 74.7 cm³/mol. The molecule has 0 saturated heterocycles. The molecule has 0 spiro atoms. The Hall–Kier alpha value is -1.18. The molecule has 2 fully saturated rings. The molecular formula is C16H20N2. The second-order valence-corrected chi connectivity index (χ2v) is 6.42. The van der Waals surface area contributed by atoms with Crippen molar-refractivity contribution >= 4 is 12.4 Å². The molecule has 6 atom stereocenters. The highest BCUT2D eigenvalue weighted by molar-refractivity contribution is 5.66. The Morgan fingerprint density at radius 1 is 0.667 bits per heavy atom. The van der Waals surface area contributed by atoms with E-state index in [1.165, 1.54) is 25.7 Å². The first-order valence-electron chi connectivity index (χ1n) is 7.32. The van der Waals surface area contributed by atoms with Crippen LogP contribution in [0, 0.1) is 35.5 Å². The van der Waals surface area contributed by atoms with Gasteiger partial charge in [-0.1, -0.05) is 24.3 Å². The van der Waals surface area contributed by atoms with Crippen molar-refractivity contribution in [3.05, 3.63) is 24.3 Å². The maximum atomic E-state index is 4.31. The van der Waals surface area contributed by atoms with Crippen LogP contribution in [-0.2, 0) is 0 Å². The summed E-state index contributed by atoms with van der Waals surface area (Å²) < 4.78 is 0. The lowest BCUT2D eigenvalue weighted by atomic mass is 9.95. The van der Waals surface area contributed by atoms with E-state index in [0.717, 1.165) is 23.7 Å². The van der Waals surface area contributed by atoms with Crippen molar-refractivity contribution in [1.82, 2.24) is 0 Å². The summed E-state index contributed by atoms with van der Waals surface area (Å²) in [4.78, 5) is 0. The van der Waals surface area contributed by atoms with Crippen LogP contribution in [0.3, 0.4) is 0 Å². The molecular weight excluding hydrogens is 220 g/mol. The first kappa shape index (κ1) is 10.7. The van der Waals surface area contributed by atoms with E-state index in [1.54, 1.807) is 0 Å². The van der Waals surface area contributed by atoms with Gasteiger partial charge in [0.25, 0.3) is 0 Å². The molecule has 0 aromatic heterocycles. The number of rotatable bonds is 3. The Morgan fingerprint density at radius 3 is 1.50 bits per heavy atom. The highest BCUT2D eigenvalue weighted by Crippen LogP contribution is 2.43. The van der Waals surface area contributed by atoms with Crippen LogP contribution in [0.1, 0.15) is 25.7 Å². The van der Waals surface area contributed by atoms with Gasteiger partial charge >= 0.3 is 0 Å². The minimum absolute atomic E-state index is 0.650. The van der Waals surface area contributed by atoms with Gasteiger partial charge in [-0.15, -0.1) is 0 Å². The largest absolute Gasteiger partial charge is 0.164 e. The smallest absolute Gasteiger partial charge is 0.0307 e. The van der Waals surface area contributed by atoms with Gasteiger partial charge in [0.05, 0.1) is 0 Å². The fourth-order valence-electron chi connectivity index (χ4n) is 4.24. The standard InChI is InChI=1S/C16H20N2/c1-3-13-5-11(1)7-15(13)9-17-18-10-16-8-12-2-4-14(16)6-12/h1-4,9-16H,5-8H2/b17-9-,18-10+/t11-,12+,13-,14+,15-,16+/m0/s1. The minimum Gasteiger partial charge on any atom is -0.164 e. The first-order valence-corrected chi connectivity index (χ1v) is 7.32. The van der Waals surface area contributed by atoms with Gasteiger partial charge in [-0.25, -0.2) is 0 Å². The third-order valence-corrected chi connectivity index (χ3v) is 5.24. The predicted octanol–water partition coefficient (Wildman–Crippen LogP) is 3.47. The van der Waals surface area contributed by atoms with E-state index in [4.69, 9.17) is 0 Å². The monoisotopic (exact) mass is 240 g/mol. The van der Waals surface area contributed by atoms with E-state index in [9.17, 15) is 0 Å². The maximum absolute atomic E-state index is 4.31. The molecule has 2 heteroatoms. The molecule has 2 nitrogen and oxygen atoms in total. The molecule has 4 rings (SSSR count). The Balaban J connectivity index is 1.33. The van der Waals surface area contributed by atoms with Crippen LogP contribution in [0.4, 0.5) is 0 Å². The molecule has 0 aromatic rings. The Morgan fingerprint density at radius 2 is 1.17 bits per heavy atom. The topological polar surface area (TPSA) is 24.7 Å². The van der Waals surface area contributed by atoms with Crippen molar-refractivity contribution in [2.45, 2.75) is 25.7 Å². The molecule has 4 aliphatic rings. The van der Waals surface area contributed by atoms with E-state index >= 15 is 0 Å². The molecule has 18 heavy (non-hydrogen) atoms. The van der Waals surface area contributed by atoms with Gasteiger partial charge in [-0.2, -0.15) is 10.2 Å². The van der Waals surface area contributed by atoms with Crippen molar-refractivity contribution in [3.63, 3.8) is 0 Å². The van der Waals surface area contributed by atoms with Gasteiger partial charge in [-0.05, 0) is 49.4 Å². The zero-order valence-corrected chi connectivity index (χ0v) is 10.7. The summed E-state index contributed by atoms with van der Waals surface area (Å²) >= 11 is 0. The molecule has 94 valence electrons. The zero-order valence-electron chi connectivity index (χ0n) is 10.7. The zero-order chi connectivity index (χ0) is 11.9. The number of allylic oxidation sites excluding steroid dienone is 4. The maximum Gasteiger partial charge on any atom is 0.0307 e. The van der Waals surface area contributed by atoms with E-state index in [0.29, 0.717) is 11.8 Å². The molecule has 0 aliphatic heterocycles. The van der Waals surface area contributed by atoms with Gasteiger partial charge in [0.1, 0.15) is 0 Å². The summed E-state index contributed by atoms with van der Waals surface area (Å²) in [6, 6.07) is 0. The molecule has 0 amide bonds. The number of hydrogen-bond donors (Lipinski definition) is 0. The van der Waals surface area contributed by atoms with Gasteiger partial charge in [0.15, 0.2) is 0 Å². The SMILES string of the molecule is C1=C[C@H]2C[C@H]1C[C@H]2/C=N\N=C\[C@H]1C[C@@H]2C=C[C@@H]1C2. The van der Waals surface area contributed by atoms with Crippen LogP contribution >= 0.6 is 0 Å². The van der Waals surface area contributed by atoms with E-state index in [1.807, 2.05) is 0 Å². The lowest BCUT2D eigenvalue weighted by Gasteiger charge is -2.12. The van der Waals surface area contributed by atoms with E-state index in [-0.39, 0.29) is 0 Å². The average Bonchev–Trinajstić information content (AvgIpc) is 3.13. The summed E-state index contributed by atoms with van der Waals surface area (Å²) in [6.45, 7) is 0. The Kier molecular flexibility index (Phi) is 2.49. The highest BCUT2D eigenvalue weighted by atomic mass is 15.2. The van der Waals surface area contributed by atoms with Crippen LogP contribution in [-0.4, -0.2) is 12.4 Å². The normalized spacial score (nSPS) is 48.4. The van der Waals surface area contributed by atoms with Crippen LogP contribution in [0.5, 0.6) is 0 Å². The third kappa shape index (κ3) is 1.79. The molecule has 0 N–H and O–H groups in total. The van der Waals surface area contributed by atoms with Crippen LogP contribution in [0.2, 0.25) is 0 Å². The summed E-state index contributed by atoms with van der Waals surface area (Å²) in [5.74, 6) is 4.45. The van der Waals surface area contributed by atoms with Gasteiger partial charge in [0.2, 0.25) is 0 Å². The summed E-state index contributed by atoms with van der Waals surface area (Å²) in [7, 11) is 0. The van der Waals surface area contributed by atoms with Crippen molar-refractivity contribution in [2.24, 2.45) is 45.7 Å². The molecule has 0 heterocycles. The molecule has 0 unspecified atom stereocenters. The third-order valence-electron chi connectivity index (χ3n) is 5.24. The molecule has 0 radical (unpaired) electrons. The summed E-state index contributed by atoms with van der Waals surface area (Å²) in [5.41, 5.74) is 0. The fourth-order valence-corrected chi connectivity index (χ4v) is 4.24. The number of fused-ring (bicyclic) bond motifs is 4. The van der Waals surface area contributed by atoms with Crippen molar-refractivity contribution in [3.8, 4) is 0 Å². The lowest BCUT2D eigenvalue weighted by Crippen LogP contribution is -2.09.